The number of anilines is 1. The first kappa shape index (κ1) is 13.9. The quantitative estimate of drug-likeness (QED) is 0.678. The van der Waals surface area contributed by atoms with Crippen LogP contribution < -0.4 is 5.32 Å². The van der Waals surface area contributed by atoms with Crippen molar-refractivity contribution in [1.82, 2.24) is 19.7 Å². The smallest absolute Gasteiger partial charge is 0.334 e. The molecule has 2 rings (SSSR count). The predicted octanol–water partition coefficient (Wildman–Crippen LogP) is 1.85. The first-order valence-corrected chi connectivity index (χ1v) is 6.10. The fourth-order valence-electron chi connectivity index (χ4n) is 1.95. The molecule has 0 unspecified atom stereocenters. The number of nitrogens with one attached hydrogen (secondary N) is 1. The minimum Gasteiger partial charge on any atom is -0.357 e. The van der Waals surface area contributed by atoms with Gasteiger partial charge in [-0.05, 0) is 33.3 Å². The molecule has 1 N–H and O–H groups in total. The molecule has 0 atom stereocenters. The number of hydrogen-bond donors (Lipinski definition) is 1. The van der Waals surface area contributed by atoms with Crippen molar-refractivity contribution in [1.29, 1.82) is 0 Å². The van der Waals surface area contributed by atoms with Gasteiger partial charge in [0, 0.05) is 12.7 Å². The molecule has 0 saturated heterocycles. The third-order valence-electron chi connectivity index (χ3n) is 3.30. The molecule has 0 amide bonds. The Bertz CT molecular complexity index is 692. The molecule has 0 radical (unpaired) electrons. The molecule has 2 aromatic rings. The highest BCUT2D eigenvalue weighted by molar-refractivity contribution is 5.54. The average Bonchev–Trinajstić information content (AvgIpc) is 2.65. The molecular weight excluding hydrogens is 260 g/mol. The third-order valence-corrected chi connectivity index (χ3v) is 3.30. The zero-order valence-corrected chi connectivity index (χ0v) is 12.1. The van der Waals surface area contributed by atoms with E-state index in [0.717, 1.165) is 17.0 Å². The molecule has 0 fully saturated rings. The molecule has 8 nitrogen and oxygen atoms in total. The molecule has 8 heteroatoms. The van der Waals surface area contributed by atoms with Crippen LogP contribution in [0.4, 0.5) is 11.6 Å². The maximum absolute atomic E-state index is 11.3. The Hall–Kier alpha value is -2.51. The van der Waals surface area contributed by atoms with Crippen LogP contribution in [-0.4, -0.2) is 31.7 Å². The summed E-state index contributed by atoms with van der Waals surface area (Å²) in [7, 11) is 1.66. The van der Waals surface area contributed by atoms with Gasteiger partial charge in [0.05, 0.1) is 10.6 Å². The normalized spacial score (nSPS) is 10.7. The zero-order chi connectivity index (χ0) is 15.0. The van der Waals surface area contributed by atoms with E-state index in [1.165, 1.54) is 4.68 Å². The first-order chi connectivity index (χ1) is 9.36. The monoisotopic (exact) mass is 276 g/mol. The number of aryl methyl sites for hydroxylation is 2. The van der Waals surface area contributed by atoms with Crippen molar-refractivity contribution in [2.24, 2.45) is 0 Å². The summed E-state index contributed by atoms with van der Waals surface area (Å²) in [5, 5.41) is 18.4. The number of aromatic nitrogens is 4. The van der Waals surface area contributed by atoms with Crippen LogP contribution in [0.3, 0.4) is 0 Å². The summed E-state index contributed by atoms with van der Waals surface area (Å²) in [5.41, 5.74) is 2.80. The van der Waals surface area contributed by atoms with Gasteiger partial charge in [0.25, 0.3) is 0 Å². The second-order valence-electron chi connectivity index (χ2n) is 4.52. The van der Waals surface area contributed by atoms with Crippen LogP contribution in [0.15, 0.2) is 0 Å². The second-order valence-corrected chi connectivity index (χ2v) is 4.52. The lowest BCUT2D eigenvalue weighted by Gasteiger charge is -2.08. The standard InChI is InChI=1S/C12H16N6O2/c1-6-7(2)16-17(9(6)4)11-10(18(19)20)8(3)14-12(13-5)15-11/h1-5H3,(H,13,14,15). The van der Waals surface area contributed by atoms with Crippen molar-refractivity contribution in [3.63, 3.8) is 0 Å². The Morgan fingerprint density at radius 3 is 2.25 bits per heavy atom. The van der Waals surface area contributed by atoms with Gasteiger partial charge < -0.3 is 5.32 Å². The van der Waals surface area contributed by atoms with Crippen molar-refractivity contribution in [2.45, 2.75) is 27.7 Å². The molecule has 0 spiro atoms. The average molecular weight is 276 g/mol. The summed E-state index contributed by atoms with van der Waals surface area (Å²) in [6, 6.07) is 0. The summed E-state index contributed by atoms with van der Waals surface area (Å²) < 4.78 is 1.50. The van der Waals surface area contributed by atoms with Gasteiger partial charge in [-0.1, -0.05) is 0 Å². The second kappa shape index (κ2) is 4.87. The Balaban J connectivity index is 2.80. The minimum absolute atomic E-state index is 0.130. The van der Waals surface area contributed by atoms with Gasteiger partial charge >= 0.3 is 5.69 Å². The van der Waals surface area contributed by atoms with E-state index in [-0.39, 0.29) is 11.5 Å². The molecular formula is C12H16N6O2. The lowest BCUT2D eigenvalue weighted by molar-refractivity contribution is -0.385. The molecule has 106 valence electrons. The molecule has 2 aromatic heterocycles. The van der Waals surface area contributed by atoms with Crippen LogP contribution in [-0.2, 0) is 0 Å². The summed E-state index contributed by atoms with van der Waals surface area (Å²) in [4.78, 5) is 19.1. The fourth-order valence-corrected chi connectivity index (χ4v) is 1.95. The van der Waals surface area contributed by atoms with Crippen molar-refractivity contribution < 1.29 is 4.92 Å². The molecule has 0 aliphatic heterocycles. The Morgan fingerprint density at radius 2 is 1.80 bits per heavy atom. The van der Waals surface area contributed by atoms with E-state index in [1.54, 1.807) is 14.0 Å². The SMILES string of the molecule is CNc1nc(C)c([N+](=O)[O-])c(-n2nc(C)c(C)c2C)n1. The van der Waals surface area contributed by atoms with Crippen LogP contribution in [0.5, 0.6) is 0 Å². The van der Waals surface area contributed by atoms with Gasteiger partial charge in [-0.3, -0.25) is 10.1 Å². The number of hydrogen-bond acceptors (Lipinski definition) is 6. The van der Waals surface area contributed by atoms with Crippen LogP contribution in [0, 0.1) is 37.8 Å². The highest BCUT2D eigenvalue weighted by atomic mass is 16.6. The molecule has 20 heavy (non-hydrogen) atoms. The zero-order valence-electron chi connectivity index (χ0n) is 12.1. The lowest BCUT2D eigenvalue weighted by Crippen LogP contribution is -2.11. The van der Waals surface area contributed by atoms with Crippen molar-refractivity contribution >= 4 is 11.6 Å². The number of rotatable bonds is 3. The number of nitrogens with zero attached hydrogens (tertiary/aromatic N) is 5. The fraction of sp³-hybridized carbons (Fsp3) is 0.417. The number of nitro groups is 1. The predicted molar refractivity (Wildman–Crippen MR) is 74.3 cm³/mol. The van der Waals surface area contributed by atoms with E-state index in [1.807, 2.05) is 20.8 Å². The Kier molecular flexibility index (Phi) is 3.39. The third kappa shape index (κ3) is 2.09. The van der Waals surface area contributed by atoms with E-state index in [4.69, 9.17) is 0 Å². The molecule has 0 bridgehead atoms. The molecule has 0 aromatic carbocycles. The van der Waals surface area contributed by atoms with Gasteiger partial charge in [0.15, 0.2) is 0 Å². The minimum atomic E-state index is -0.476. The molecule has 2 heterocycles. The van der Waals surface area contributed by atoms with E-state index >= 15 is 0 Å². The van der Waals surface area contributed by atoms with Gasteiger partial charge in [-0.15, -0.1) is 0 Å². The summed E-state index contributed by atoms with van der Waals surface area (Å²) >= 11 is 0. The topological polar surface area (TPSA) is 98.8 Å². The van der Waals surface area contributed by atoms with Gasteiger partial charge in [0.1, 0.15) is 5.69 Å². The maximum atomic E-state index is 11.3. The van der Waals surface area contributed by atoms with Crippen LogP contribution in [0.1, 0.15) is 22.6 Å². The summed E-state index contributed by atoms with van der Waals surface area (Å²) in [6.45, 7) is 7.23. The molecule has 0 aliphatic rings. The largest absolute Gasteiger partial charge is 0.357 e. The first-order valence-electron chi connectivity index (χ1n) is 6.10. The van der Waals surface area contributed by atoms with E-state index in [0.29, 0.717) is 11.6 Å². The highest BCUT2D eigenvalue weighted by Gasteiger charge is 2.25. The van der Waals surface area contributed by atoms with Crippen molar-refractivity contribution in [3.8, 4) is 5.82 Å². The van der Waals surface area contributed by atoms with Gasteiger partial charge in [0.2, 0.25) is 11.8 Å². The highest BCUT2D eigenvalue weighted by Crippen LogP contribution is 2.27. The van der Waals surface area contributed by atoms with Crippen LogP contribution in [0.2, 0.25) is 0 Å². The summed E-state index contributed by atoms with van der Waals surface area (Å²) in [5.74, 6) is 0.508. The van der Waals surface area contributed by atoms with Crippen LogP contribution >= 0.6 is 0 Å². The Labute approximate surface area is 116 Å². The van der Waals surface area contributed by atoms with E-state index in [9.17, 15) is 10.1 Å². The van der Waals surface area contributed by atoms with Crippen LogP contribution in [0.25, 0.3) is 5.82 Å². The molecule has 0 aliphatic carbocycles. The molecule has 0 saturated carbocycles. The van der Waals surface area contributed by atoms with E-state index in [2.05, 4.69) is 20.4 Å². The van der Waals surface area contributed by atoms with Gasteiger partial charge in [-0.2, -0.15) is 10.1 Å². The van der Waals surface area contributed by atoms with Crippen molar-refractivity contribution in [2.75, 3.05) is 12.4 Å². The van der Waals surface area contributed by atoms with Gasteiger partial charge in [-0.25, -0.2) is 9.67 Å². The summed E-state index contributed by atoms with van der Waals surface area (Å²) in [6.07, 6.45) is 0. The van der Waals surface area contributed by atoms with Crippen molar-refractivity contribution in [3.05, 3.63) is 32.8 Å². The van der Waals surface area contributed by atoms with E-state index < -0.39 is 4.92 Å². The lowest BCUT2D eigenvalue weighted by atomic mass is 10.2. The Morgan fingerprint density at radius 1 is 1.15 bits per heavy atom. The maximum Gasteiger partial charge on any atom is 0.334 e.